The van der Waals surface area contributed by atoms with E-state index in [0.29, 0.717) is 24.3 Å². The summed E-state index contributed by atoms with van der Waals surface area (Å²) in [5.74, 6) is -0.441. The monoisotopic (exact) mass is 389 g/mol. The molecule has 4 rings (SSSR count). The summed E-state index contributed by atoms with van der Waals surface area (Å²) in [5.41, 5.74) is 4.35. The van der Waals surface area contributed by atoms with Gasteiger partial charge < -0.3 is 19.9 Å². The molecule has 6 nitrogen and oxygen atoms in total. The summed E-state index contributed by atoms with van der Waals surface area (Å²) in [5, 5.41) is 4.04. The number of fused-ring (bicyclic) bond motifs is 1. The first-order chi connectivity index (χ1) is 14.2. The Labute approximate surface area is 169 Å². The zero-order chi connectivity index (χ0) is 20.2. The van der Waals surface area contributed by atoms with E-state index in [2.05, 4.69) is 28.5 Å². The van der Waals surface area contributed by atoms with Crippen LogP contribution in [-0.2, 0) is 4.74 Å². The Bertz CT molecular complexity index is 1080. The molecule has 0 atom stereocenters. The number of benzene rings is 2. The smallest absolute Gasteiger partial charge is 0.340 e. The lowest BCUT2D eigenvalue weighted by atomic mass is 9.99. The first-order valence-corrected chi connectivity index (χ1v) is 9.75. The Morgan fingerprint density at radius 3 is 2.72 bits per heavy atom. The number of aromatic nitrogens is 1. The number of nitrogens with one attached hydrogen (secondary N) is 2. The molecule has 6 heteroatoms. The van der Waals surface area contributed by atoms with Crippen molar-refractivity contribution in [2.75, 3.05) is 25.0 Å². The van der Waals surface area contributed by atoms with Crippen molar-refractivity contribution in [1.82, 2.24) is 9.88 Å². The molecule has 2 heterocycles. The van der Waals surface area contributed by atoms with Crippen LogP contribution in [0, 0.1) is 0 Å². The summed E-state index contributed by atoms with van der Waals surface area (Å²) in [6.45, 7) is 3.17. The SMILES string of the molecule is CCOC(=O)c1ccccc1NC(=O)N1CC=C(c2c[nH]c3ccccc23)CC1. The van der Waals surface area contributed by atoms with Crippen LogP contribution < -0.4 is 5.32 Å². The van der Waals surface area contributed by atoms with Gasteiger partial charge in [-0.25, -0.2) is 9.59 Å². The second-order valence-corrected chi connectivity index (χ2v) is 6.87. The van der Waals surface area contributed by atoms with Gasteiger partial charge in [-0.3, -0.25) is 0 Å². The number of hydrogen-bond acceptors (Lipinski definition) is 3. The van der Waals surface area contributed by atoms with Gasteiger partial charge in [-0.05, 0) is 37.1 Å². The number of carbonyl (C=O) groups is 2. The fourth-order valence-corrected chi connectivity index (χ4v) is 3.61. The van der Waals surface area contributed by atoms with Crippen molar-refractivity contribution < 1.29 is 14.3 Å². The number of carbonyl (C=O) groups excluding carboxylic acids is 2. The van der Waals surface area contributed by atoms with Crippen LogP contribution in [0.3, 0.4) is 0 Å². The number of rotatable bonds is 4. The Morgan fingerprint density at radius 1 is 1.14 bits per heavy atom. The number of amides is 2. The van der Waals surface area contributed by atoms with E-state index >= 15 is 0 Å². The summed E-state index contributed by atoms with van der Waals surface area (Å²) in [6.07, 6.45) is 4.90. The van der Waals surface area contributed by atoms with Crippen LogP contribution in [0.4, 0.5) is 10.5 Å². The molecular formula is C23H23N3O3. The van der Waals surface area contributed by atoms with Gasteiger partial charge in [0.25, 0.3) is 0 Å². The standard InChI is InChI=1S/C23H23N3O3/c1-2-29-22(27)18-8-4-6-10-21(18)25-23(28)26-13-11-16(12-14-26)19-15-24-20-9-5-3-7-17(19)20/h3-11,15,24H,2,12-14H2,1H3,(H,25,28). The predicted molar refractivity (Wildman–Crippen MR) is 114 cm³/mol. The molecule has 2 amide bonds. The fourth-order valence-electron chi connectivity index (χ4n) is 3.61. The number of aromatic amines is 1. The molecule has 1 aliphatic heterocycles. The first kappa shape index (κ1) is 18.8. The van der Waals surface area contributed by atoms with Crippen LogP contribution >= 0.6 is 0 Å². The van der Waals surface area contributed by atoms with Crippen molar-refractivity contribution in [1.29, 1.82) is 0 Å². The average molecular weight is 389 g/mol. The zero-order valence-electron chi connectivity index (χ0n) is 16.3. The van der Waals surface area contributed by atoms with Crippen molar-refractivity contribution in [2.45, 2.75) is 13.3 Å². The summed E-state index contributed by atoms with van der Waals surface area (Å²) in [7, 11) is 0. The van der Waals surface area contributed by atoms with Crippen molar-refractivity contribution >= 4 is 34.2 Å². The highest BCUT2D eigenvalue weighted by Crippen LogP contribution is 2.29. The summed E-state index contributed by atoms with van der Waals surface area (Å²) in [6, 6.07) is 14.9. The number of urea groups is 1. The van der Waals surface area contributed by atoms with Gasteiger partial charge in [0.15, 0.2) is 0 Å². The maximum Gasteiger partial charge on any atom is 0.340 e. The molecule has 148 valence electrons. The van der Waals surface area contributed by atoms with E-state index < -0.39 is 5.97 Å². The lowest BCUT2D eigenvalue weighted by Crippen LogP contribution is -2.38. The number of ether oxygens (including phenoxy) is 1. The Balaban J connectivity index is 1.47. The highest BCUT2D eigenvalue weighted by Gasteiger charge is 2.21. The van der Waals surface area contributed by atoms with E-state index in [9.17, 15) is 9.59 Å². The lowest BCUT2D eigenvalue weighted by molar-refractivity contribution is 0.0527. The largest absolute Gasteiger partial charge is 0.462 e. The number of anilines is 1. The van der Waals surface area contributed by atoms with E-state index in [-0.39, 0.29) is 12.6 Å². The minimum absolute atomic E-state index is 0.226. The molecule has 0 unspecified atom stereocenters. The lowest BCUT2D eigenvalue weighted by Gasteiger charge is -2.27. The quantitative estimate of drug-likeness (QED) is 0.637. The molecule has 2 N–H and O–H groups in total. The van der Waals surface area contributed by atoms with Gasteiger partial charge in [-0.1, -0.05) is 36.4 Å². The van der Waals surface area contributed by atoms with E-state index in [1.54, 1.807) is 36.1 Å². The van der Waals surface area contributed by atoms with Gasteiger partial charge in [0.1, 0.15) is 0 Å². The van der Waals surface area contributed by atoms with Crippen LogP contribution in [0.2, 0.25) is 0 Å². The van der Waals surface area contributed by atoms with Crippen LogP contribution in [-0.4, -0.2) is 41.6 Å². The number of nitrogens with zero attached hydrogens (tertiary/aromatic N) is 1. The second kappa shape index (κ2) is 8.22. The maximum absolute atomic E-state index is 12.7. The molecule has 0 fully saturated rings. The van der Waals surface area contributed by atoms with E-state index in [1.807, 2.05) is 18.3 Å². The molecule has 3 aromatic rings. The zero-order valence-corrected chi connectivity index (χ0v) is 16.3. The molecule has 2 aromatic carbocycles. The molecule has 0 aliphatic carbocycles. The molecule has 0 spiro atoms. The number of esters is 1. The average Bonchev–Trinajstić information content (AvgIpc) is 3.18. The van der Waals surface area contributed by atoms with Crippen LogP contribution in [0.1, 0.15) is 29.3 Å². The van der Waals surface area contributed by atoms with Crippen LogP contribution in [0.5, 0.6) is 0 Å². The Hall–Kier alpha value is -3.54. The number of H-pyrrole nitrogens is 1. The molecule has 1 aliphatic rings. The highest BCUT2D eigenvalue weighted by molar-refractivity contribution is 6.01. The van der Waals surface area contributed by atoms with Gasteiger partial charge >= 0.3 is 12.0 Å². The second-order valence-electron chi connectivity index (χ2n) is 6.87. The van der Waals surface area contributed by atoms with Crippen molar-refractivity contribution in [3.8, 4) is 0 Å². The van der Waals surface area contributed by atoms with Crippen molar-refractivity contribution in [3.63, 3.8) is 0 Å². The minimum Gasteiger partial charge on any atom is -0.462 e. The normalized spacial score (nSPS) is 13.8. The molecule has 0 saturated carbocycles. The third kappa shape index (κ3) is 3.87. The van der Waals surface area contributed by atoms with E-state index in [1.165, 1.54) is 16.5 Å². The van der Waals surface area contributed by atoms with Gasteiger partial charge in [-0.15, -0.1) is 0 Å². The molecule has 0 saturated heterocycles. The highest BCUT2D eigenvalue weighted by atomic mass is 16.5. The number of para-hydroxylation sites is 2. The molecule has 29 heavy (non-hydrogen) atoms. The van der Waals surface area contributed by atoms with Gasteiger partial charge in [0.05, 0.1) is 17.9 Å². The fraction of sp³-hybridized carbons (Fsp3) is 0.217. The molecule has 0 radical (unpaired) electrons. The van der Waals surface area contributed by atoms with Crippen LogP contribution in [0.15, 0.2) is 60.8 Å². The van der Waals surface area contributed by atoms with Crippen molar-refractivity contribution in [3.05, 3.63) is 71.9 Å². The minimum atomic E-state index is -0.441. The summed E-state index contributed by atoms with van der Waals surface area (Å²) in [4.78, 5) is 29.9. The van der Waals surface area contributed by atoms with E-state index in [4.69, 9.17) is 4.74 Å². The molecular weight excluding hydrogens is 366 g/mol. The Morgan fingerprint density at radius 2 is 1.93 bits per heavy atom. The predicted octanol–water partition coefficient (Wildman–Crippen LogP) is 4.67. The third-order valence-electron chi connectivity index (χ3n) is 5.10. The maximum atomic E-state index is 12.7. The van der Waals surface area contributed by atoms with Gasteiger partial charge in [0.2, 0.25) is 0 Å². The third-order valence-corrected chi connectivity index (χ3v) is 5.10. The first-order valence-electron chi connectivity index (χ1n) is 9.75. The Kier molecular flexibility index (Phi) is 5.33. The van der Waals surface area contributed by atoms with E-state index in [0.717, 1.165) is 11.9 Å². The summed E-state index contributed by atoms with van der Waals surface area (Å²) >= 11 is 0. The van der Waals surface area contributed by atoms with Gasteiger partial charge in [0, 0.05) is 35.8 Å². The molecule has 1 aromatic heterocycles. The van der Waals surface area contributed by atoms with Crippen molar-refractivity contribution in [2.24, 2.45) is 0 Å². The molecule has 0 bridgehead atoms. The van der Waals surface area contributed by atoms with Crippen LogP contribution in [0.25, 0.3) is 16.5 Å². The van der Waals surface area contributed by atoms with Gasteiger partial charge in [-0.2, -0.15) is 0 Å². The topological polar surface area (TPSA) is 74.4 Å². The summed E-state index contributed by atoms with van der Waals surface area (Å²) < 4.78 is 5.07. The number of hydrogen-bond donors (Lipinski definition) is 2.